The molecule has 0 aliphatic carbocycles. The summed E-state index contributed by atoms with van der Waals surface area (Å²) in [6, 6.07) is 0. The largest absolute Gasteiger partial charge is 0.480 e. The van der Waals surface area contributed by atoms with Crippen LogP contribution in [0.1, 0.15) is 45.4 Å². The Morgan fingerprint density at radius 2 is 1.81 bits per heavy atom. The van der Waals surface area contributed by atoms with Crippen LogP contribution in [0.25, 0.3) is 0 Å². The summed E-state index contributed by atoms with van der Waals surface area (Å²) in [4.78, 5) is 29.5. The van der Waals surface area contributed by atoms with Crippen LogP contribution in [0.15, 0.2) is 0 Å². The number of hydrogen-bond donors (Lipinski definition) is 1. The molecule has 0 unspecified atom stereocenters. The zero-order chi connectivity index (χ0) is 18.8. The molecular formula is C19H34N2O4S. The number of carbonyl (C=O) groups is 2. The first-order valence-corrected chi connectivity index (χ1v) is 11.2. The highest BCUT2D eigenvalue weighted by atomic mass is 32.2. The van der Waals surface area contributed by atoms with Crippen LogP contribution in [-0.4, -0.2) is 84.2 Å². The first kappa shape index (κ1) is 21.5. The van der Waals surface area contributed by atoms with Gasteiger partial charge >= 0.3 is 5.97 Å². The molecule has 0 aromatic carbocycles. The third-order valence-electron chi connectivity index (χ3n) is 5.52. The smallest absolute Gasteiger partial charge is 0.319 e. The lowest BCUT2D eigenvalue weighted by Crippen LogP contribution is -2.52. The van der Waals surface area contributed by atoms with Crippen molar-refractivity contribution in [2.75, 3.05) is 57.4 Å². The van der Waals surface area contributed by atoms with Crippen LogP contribution in [0.5, 0.6) is 0 Å². The number of ether oxygens (including phenoxy) is 1. The van der Waals surface area contributed by atoms with Crippen molar-refractivity contribution >= 4 is 23.6 Å². The second-order valence-corrected chi connectivity index (χ2v) is 8.53. The minimum atomic E-state index is -1.21. The summed E-state index contributed by atoms with van der Waals surface area (Å²) < 4.78 is 5.39. The number of carbonyl (C=O) groups excluding carboxylic acids is 1. The van der Waals surface area contributed by atoms with Gasteiger partial charge < -0.3 is 14.7 Å². The van der Waals surface area contributed by atoms with E-state index in [9.17, 15) is 14.7 Å². The molecule has 0 bridgehead atoms. The lowest BCUT2D eigenvalue weighted by molar-refractivity contribution is -0.161. The van der Waals surface area contributed by atoms with E-state index in [2.05, 4.69) is 11.8 Å². The number of aliphatic carboxylic acids is 1. The van der Waals surface area contributed by atoms with Gasteiger partial charge in [-0.25, -0.2) is 0 Å². The van der Waals surface area contributed by atoms with Crippen molar-refractivity contribution in [1.82, 2.24) is 9.80 Å². The summed E-state index contributed by atoms with van der Waals surface area (Å²) in [5.41, 5.74) is -1.21. The predicted octanol–water partition coefficient (Wildman–Crippen LogP) is 2.33. The normalized spacial score (nSPS) is 20.7. The number of thioether (sulfide) groups is 1. The fourth-order valence-corrected chi connectivity index (χ4v) is 4.86. The van der Waals surface area contributed by atoms with E-state index in [4.69, 9.17) is 4.74 Å². The van der Waals surface area contributed by atoms with Crippen molar-refractivity contribution in [3.05, 3.63) is 0 Å². The van der Waals surface area contributed by atoms with E-state index >= 15 is 0 Å². The number of morpholine rings is 1. The second-order valence-electron chi connectivity index (χ2n) is 7.31. The molecule has 1 N–H and O–H groups in total. The minimum Gasteiger partial charge on any atom is -0.480 e. The maximum absolute atomic E-state index is 13.3. The molecule has 0 aromatic rings. The zero-order valence-electron chi connectivity index (χ0n) is 16.1. The van der Waals surface area contributed by atoms with E-state index < -0.39 is 11.4 Å². The van der Waals surface area contributed by atoms with E-state index in [0.29, 0.717) is 25.9 Å². The number of unbranched alkanes of at least 4 members (excludes halogenated alkanes) is 3. The number of carboxylic acid groups (broad SMARTS) is 1. The molecule has 2 fully saturated rings. The highest BCUT2D eigenvalue weighted by Crippen LogP contribution is 2.37. The minimum absolute atomic E-state index is 0.157. The molecule has 0 atom stereocenters. The van der Waals surface area contributed by atoms with Crippen LogP contribution < -0.4 is 0 Å². The average molecular weight is 387 g/mol. The first-order valence-electron chi connectivity index (χ1n) is 10.0. The molecule has 0 spiro atoms. The molecule has 0 saturated carbocycles. The van der Waals surface area contributed by atoms with Crippen LogP contribution in [0.3, 0.4) is 0 Å². The van der Waals surface area contributed by atoms with Crippen molar-refractivity contribution in [3.63, 3.8) is 0 Å². The maximum Gasteiger partial charge on any atom is 0.319 e. The number of hydrogen-bond acceptors (Lipinski definition) is 5. The monoisotopic (exact) mass is 386 g/mol. The van der Waals surface area contributed by atoms with Gasteiger partial charge in [0.25, 0.3) is 0 Å². The molecule has 2 aliphatic heterocycles. The van der Waals surface area contributed by atoms with E-state index in [0.717, 1.165) is 70.0 Å². The Morgan fingerprint density at radius 3 is 2.42 bits per heavy atom. The standard InChI is InChI=1S/C19H34N2O4S/c1-2-3-4-5-8-21(10-9-20-11-13-25-14-12-20)17(22)19(18(23)24)6-15-26-16-7-19/h2-16H2,1H3,(H,23,24). The van der Waals surface area contributed by atoms with Crippen LogP contribution in [0.4, 0.5) is 0 Å². The molecule has 6 nitrogen and oxygen atoms in total. The summed E-state index contributed by atoms with van der Waals surface area (Å²) in [6.45, 7) is 7.50. The number of rotatable bonds is 10. The van der Waals surface area contributed by atoms with Gasteiger partial charge in [-0.2, -0.15) is 11.8 Å². The molecule has 7 heteroatoms. The molecule has 26 heavy (non-hydrogen) atoms. The zero-order valence-corrected chi connectivity index (χ0v) is 16.9. The Hall–Kier alpha value is -0.790. The van der Waals surface area contributed by atoms with E-state index in [1.807, 2.05) is 4.90 Å². The third kappa shape index (κ3) is 5.86. The van der Waals surface area contributed by atoms with Crippen molar-refractivity contribution < 1.29 is 19.4 Å². The van der Waals surface area contributed by atoms with Crippen molar-refractivity contribution in [3.8, 4) is 0 Å². The van der Waals surface area contributed by atoms with E-state index in [1.165, 1.54) is 0 Å². The van der Waals surface area contributed by atoms with Crippen LogP contribution in [-0.2, 0) is 14.3 Å². The van der Waals surface area contributed by atoms with E-state index in [-0.39, 0.29) is 5.91 Å². The Balaban J connectivity index is 2.01. The van der Waals surface area contributed by atoms with Gasteiger partial charge in [-0.3, -0.25) is 14.5 Å². The lowest BCUT2D eigenvalue weighted by atomic mass is 9.80. The third-order valence-corrected chi connectivity index (χ3v) is 6.51. The summed E-state index contributed by atoms with van der Waals surface area (Å²) in [7, 11) is 0. The summed E-state index contributed by atoms with van der Waals surface area (Å²) in [5, 5.41) is 9.85. The van der Waals surface area contributed by atoms with Gasteiger partial charge in [0, 0.05) is 32.7 Å². The maximum atomic E-state index is 13.3. The molecule has 0 aromatic heterocycles. The van der Waals surface area contributed by atoms with Crippen molar-refractivity contribution in [2.24, 2.45) is 5.41 Å². The topological polar surface area (TPSA) is 70.1 Å². The van der Waals surface area contributed by atoms with Gasteiger partial charge in [-0.05, 0) is 30.8 Å². The molecule has 1 amide bonds. The fourth-order valence-electron chi connectivity index (χ4n) is 3.67. The van der Waals surface area contributed by atoms with E-state index in [1.54, 1.807) is 11.8 Å². The molecule has 2 rings (SSSR count). The van der Waals surface area contributed by atoms with Crippen molar-refractivity contribution in [1.29, 1.82) is 0 Å². The molecule has 2 aliphatic rings. The first-order chi connectivity index (χ1) is 12.6. The van der Waals surface area contributed by atoms with Gasteiger partial charge in [0.1, 0.15) is 5.41 Å². The van der Waals surface area contributed by atoms with Gasteiger partial charge in [0.15, 0.2) is 0 Å². The molecule has 150 valence electrons. The fraction of sp³-hybridized carbons (Fsp3) is 0.895. The predicted molar refractivity (Wildman–Crippen MR) is 105 cm³/mol. The van der Waals surface area contributed by atoms with Crippen LogP contribution in [0, 0.1) is 5.41 Å². The Labute approximate surface area is 161 Å². The highest BCUT2D eigenvalue weighted by molar-refractivity contribution is 7.99. The Kier molecular flexibility index (Phi) is 9.22. The van der Waals surface area contributed by atoms with Gasteiger partial charge in [-0.1, -0.05) is 26.2 Å². The van der Waals surface area contributed by atoms with Crippen LogP contribution in [0.2, 0.25) is 0 Å². The summed E-state index contributed by atoms with van der Waals surface area (Å²) >= 11 is 1.75. The summed E-state index contributed by atoms with van der Waals surface area (Å²) in [6.07, 6.45) is 5.26. The Bertz CT molecular complexity index is 449. The van der Waals surface area contributed by atoms with Gasteiger partial charge in [0.2, 0.25) is 5.91 Å². The second kappa shape index (κ2) is 11.1. The number of amides is 1. The average Bonchev–Trinajstić information content (AvgIpc) is 2.68. The molecule has 0 radical (unpaired) electrons. The Morgan fingerprint density at radius 1 is 1.12 bits per heavy atom. The molecule has 2 heterocycles. The molecule has 2 saturated heterocycles. The van der Waals surface area contributed by atoms with Gasteiger partial charge in [0.05, 0.1) is 13.2 Å². The van der Waals surface area contributed by atoms with Gasteiger partial charge in [-0.15, -0.1) is 0 Å². The quantitative estimate of drug-likeness (QED) is 0.459. The molecular weight excluding hydrogens is 352 g/mol. The lowest BCUT2D eigenvalue weighted by Gasteiger charge is -2.37. The SMILES string of the molecule is CCCCCCN(CCN1CCOCC1)C(=O)C1(C(=O)O)CCSCC1. The number of carboxylic acids is 1. The van der Waals surface area contributed by atoms with Crippen molar-refractivity contribution in [2.45, 2.75) is 45.4 Å². The highest BCUT2D eigenvalue weighted by Gasteiger charge is 2.48. The number of nitrogens with zero attached hydrogens (tertiary/aromatic N) is 2. The summed E-state index contributed by atoms with van der Waals surface area (Å²) in [5.74, 6) is 0.416. The van der Waals surface area contributed by atoms with Crippen LogP contribution >= 0.6 is 11.8 Å².